The smallest absolute Gasteiger partial charge is 0.243 e. The zero-order valence-corrected chi connectivity index (χ0v) is 17.3. The quantitative estimate of drug-likeness (QED) is 0.779. The van der Waals surface area contributed by atoms with E-state index in [1.54, 1.807) is 12.1 Å². The molecule has 1 aliphatic rings. The van der Waals surface area contributed by atoms with E-state index in [-0.39, 0.29) is 41.6 Å². The molecule has 2 atom stereocenters. The Bertz CT molecular complexity index is 978. The Morgan fingerprint density at radius 1 is 0.963 bits per heavy atom. The van der Waals surface area contributed by atoms with Gasteiger partial charge in [0.15, 0.2) is 9.84 Å². The molecular formula is C18H23ClN2O4S2. The van der Waals surface area contributed by atoms with Crippen molar-refractivity contribution in [1.29, 1.82) is 0 Å². The Balaban J connectivity index is 0.00000261. The summed E-state index contributed by atoms with van der Waals surface area (Å²) < 4.78 is 49.9. The average molecular weight is 431 g/mol. The molecule has 1 heterocycles. The van der Waals surface area contributed by atoms with Crippen molar-refractivity contribution in [2.24, 2.45) is 5.73 Å². The normalized spacial score (nSPS) is 21.0. The number of sulfone groups is 1. The maximum atomic E-state index is 12.9. The third-order valence-corrected chi connectivity index (χ3v) is 7.25. The maximum absolute atomic E-state index is 12.9. The van der Waals surface area contributed by atoms with E-state index in [0.29, 0.717) is 12.1 Å². The van der Waals surface area contributed by atoms with Gasteiger partial charge in [0.25, 0.3) is 0 Å². The van der Waals surface area contributed by atoms with Gasteiger partial charge in [0.05, 0.1) is 10.6 Å². The number of hydrogen-bond donors (Lipinski definition) is 1. The molecule has 2 N–H and O–H groups in total. The molecule has 0 bridgehead atoms. The van der Waals surface area contributed by atoms with Gasteiger partial charge in [0.1, 0.15) is 0 Å². The number of rotatable bonds is 5. The van der Waals surface area contributed by atoms with Gasteiger partial charge in [-0.1, -0.05) is 42.5 Å². The van der Waals surface area contributed by atoms with Gasteiger partial charge in [-0.2, -0.15) is 4.31 Å². The van der Waals surface area contributed by atoms with Crippen molar-refractivity contribution in [1.82, 2.24) is 4.31 Å². The summed E-state index contributed by atoms with van der Waals surface area (Å²) in [6, 6.07) is 15.4. The van der Waals surface area contributed by atoms with Crippen LogP contribution in [0.4, 0.5) is 0 Å². The van der Waals surface area contributed by atoms with Crippen LogP contribution in [0.3, 0.4) is 0 Å². The number of sulfonamides is 1. The third-order valence-electron chi connectivity index (χ3n) is 4.55. The third kappa shape index (κ3) is 5.08. The highest BCUT2D eigenvalue weighted by molar-refractivity contribution is 7.90. The fourth-order valence-electron chi connectivity index (χ4n) is 3.25. The molecule has 27 heavy (non-hydrogen) atoms. The van der Waals surface area contributed by atoms with Gasteiger partial charge < -0.3 is 5.73 Å². The molecule has 0 amide bonds. The van der Waals surface area contributed by atoms with Crippen LogP contribution in [0.2, 0.25) is 0 Å². The van der Waals surface area contributed by atoms with Gasteiger partial charge in [-0.3, -0.25) is 0 Å². The number of nitrogens with zero attached hydrogens (tertiary/aromatic N) is 1. The van der Waals surface area contributed by atoms with Crippen LogP contribution in [-0.2, 0) is 25.6 Å². The fourth-order valence-corrected chi connectivity index (χ4v) is 5.55. The number of halogens is 1. The highest BCUT2D eigenvalue weighted by Crippen LogP contribution is 2.30. The average Bonchev–Trinajstić information content (AvgIpc) is 2.97. The minimum atomic E-state index is -3.67. The first-order chi connectivity index (χ1) is 12.2. The lowest BCUT2D eigenvalue weighted by Crippen LogP contribution is -2.32. The van der Waals surface area contributed by atoms with Crippen molar-refractivity contribution in [3.63, 3.8) is 0 Å². The van der Waals surface area contributed by atoms with E-state index in [0.717, 1.165) is 11.8 Å². The largest absolute Gasteiger partial charge is 0.326 e. The van der Waals surface area contributed by atoms with Crippen LogP contribution in [-0.4, -0.2) is 46.5 Å². The number of hydrogen-bond acceptors (Lipinski definition) is 5. The van der Waals surface area contributed by atoms with Crippen molar-refractivity contribution < 1.29 is 16.8 Å². The summed E-state index contributed by atoms with van der Waals surface area (Å²) >= 11 is 0. The van der Waals surface area contributed by atoms with Crippen LogP contribution in [0, 0.1) is 0 Å². The van der Waals surface area contributed by atoms with Gasteiger partial charge in [-0.25, -0.2) is 16.8 Å². The summed E-state index contributed by atoms with van der Waals surface area (Å²) in [6.45, 7) is 0.589. The molecule has 148 valence electrons. The van der Waals surface area contributed by atoms with Gasteiger partial charge in [-0.05, 0) is 23.3 Å². The number of benzene rings is 2. The lowest BCUT2D eigenvalue weighted by atomic mass is 9.95. The van der Waals surface area contributed by atoms with E-state index in [1.165, 1.54) is 16.4 Å². The summed E-state index contributed by atoms with van der Waals surface area (Å²) in [5.74, 6) is -0.159. The maximum Gasteiger partial charge on any atom is 0.243 e. The summed E-state index contributed by atoms with van der Waals surface area (Å²) in [6.07, 6.45) is 1.15. The lowest BCUT2D eigenvalue weighted by molar-refractivity contribution is 0.470. The van der Waals surface area contributed by atoms with Crippen LogP contribution >= 0.6 is 12.4 Å². The van der Waals surface area contributed by atoms with Gasteiger partial charge in [0.2, 0.25) is 10.0 Å². The standard InChI is InChI=1S/C18H22N2O4S2.ClH/c1-25(21,22)13-14-7-9-16(10-8-14)26(23,24)20-11-17(18(19)12-20)15-5-3-2-4-6-15;/h2-10,17-18H,11-13,19H2,1H3;1H/t17-,18+;/m0./s1. The molecule has 0 spiro atoms. The van der Waals surface area contributed by atoms with E-state index < -0.39 is 19.9 Å². The molecule has 0 unspecified atom stereocenters. The van der Waals surface area contributed by atoms with Gasteiger partial charge in [-0.15, -0.1) is 12.4 Å². The molecule has 3 rings (SSSR count). The van der Waals surface area contributed by atoms with Crippen LogP contribution in [0.5, 0.6) is 0 Å². The van der Waals surface area contributed by atoms with Crippen molar-refractivity contribution in [3.8, 4) is 0 Å². The van der Waals surface area contributed by atoms with Crippen molar-refractivity contribution >= 4 is 32.3 Å². The minimum absolute atomic E-state index is 0. The summed E-state index contributed by atoms with van der Waals surface area (Å²) in [5.41, 5.74) is 7.79. The lowest BCUT2D eigenvalue weighted by Gasteiger charge is -2.17. The zero-order chi connectivity index (χ0) is 18.9. The molecule has 2 aromatic carbocycles. The van der Waals surface area contributed by atoms with Gasteiger partial charge in [0, 0.05) is 31.3 Å². The molecular weight excluding hydrogens is 408 g/mol. The summed E-state index contributed by atoms with van der Waals surface area (Å²) in [7, 11) is -6.83. The van der Waals surface area contributed by atoms with E-state index in [2.05, 4.69) is 0 Å². The SMILES string of the molecule is CS(=O)(=O)Cc1ccc(S(=O)(=O)N2C[C@@H](N)[C@H](c3ccccc3)C2)cc1.Cl. The van der Waals surface area contributed by atoms with Crippen molar-refractivity contribution in [2.75, 3.05) is 19.3 Å². The predicted octanol–water partition coefficient (Wildman–Crippen LogP) is 1.77. The second-order valence-electron chi connectivity index (χ2n) is 6.72. The molecule has 0 aliphatic carbocycles. The van der Waals surface area contributed by atoms with Crippen LogP contribution in [0.15, 0.2) is 59.5 Å². The van der Waals surface area contributed by atoms with Crippen LogP contribution < -0.4 is 5.73 Å². The predicted molar refractivity (Wildman–Crippen MR) is 108 cm³/mol. The molecule has 9 heteroatoms. The fraction of sp³-hybridized carbons (Fsp3) is 0.333. The van der Waals surface area contributed by atoms with Crippen molar-refractivity contribution in [2.45, 2.75) is 22.6 Å². The van der Waals surface area contributed by atoms with E-state index >= 15 is 0 Å². The molecule has 0 aromatic heterocycles. The molecule has 0 saturated carbocycles. The zero-order valence-electron chi connectivity index (χ0n) is 14.9. The first-order valence-electron chi connectivity index (χ1n) is 8.24. The van der Waals surface area contributed by atoms with E-state index in [1.807, 2.05) is 30.3 Å². The second kappa shape index (κ2) is 8.28. The molecule has 1 fully saturated rings. The number of nitrogens with two attached hydrogens (primary N) is 1. The Hall–Kier alpha value is -1.45. The summed E-state index contributed by atoms with van der Waals surface area (Å²) in [5, 5.41) is 0. The van der Waals surface area contributed by atoms with Gasteiger partial charge >= 0.3 is 0 Å². The molecule has 6 nitrogen and oxygen atoms in total. The van der Waals surface area contributed by atoms with Crippen LogP contribution in [0.1, 0.15) is 17.0 Å². The van der Waals surface area contributed by atoms with E-state index in [4.69, 9.17) is 5.73 Å². The van der Waals surface area contributed by atoms with E-state index in [9.17, 15) is 16.8 Å². The Morgan fingerprint density at radius 2 is 1.56 bits per heavy atom. The Labute approximate surface area is 166 Å². The monoisotopic (exact) mass is 430 g/mol. The van der Waals surface area contributed by atoms with Crippen molar-refractivity contribution in [3.05, 3.63) is 65.7 Å². The molecule has 1 saturated heterocycles. The Kier molecular flexibility index (Phi) is 6.70. The molecule has 1 aliphatic heterocycles. The second-order valence-corrected chi connectivity index (χ2v) is 10.8. The highest BCUT2D eigenvalue weighted by Gasteiger charge is 2.38. The highest BCUT2D eigenvalue weighted by atomic mass is 35.5. The molecule has 2 aromatic rings. The first kappa shape index (κ1) is 21.8. The first-order valence-corrected chi connectivity index (χ1v) is 11.7. The van der Waals surface area contributed by atoms with Crippen LogP contribution in [0.25, 0.3) is 0 Å². The topological polar surface area (TPSA) is 97.5 Å². The minimum Gasteiger partial charge on any atom is -0.326 e. The Morgan fingerprint density at radius 3 is 2.11 bits per heavy atom. The summed E-state index contributed by atoms with van der Waals surface area (Å²) in [4.78, 5) is 0.149. The molecule has 0 radical (unpaired) electrons.